The molecule has 0 aliphatic rings. The molecule has 21 heavy (non-hydrogen) atoms. The summed E-state index contributed by atoms with van der Waals surface area (Å²) in [7, 11) is 1.73. The highest BCUT2D eigenvalue weighted by atomic mass is 16.5. The van der Waals surface area contributed by atoms with Crippen LogP contribution in [0.3, 0.4) is 0 Å². The minimum absolute atomic E-state index is 0.104. The molecular formula is C16H24N2O3. The number of nitrogens with one attached hydrogen (secondary N) is 1. The van der Waals surface area contributed by atoms with E-state index in [1.54, 1.807) is 25.8 Å². The largest absolute Gasteiger partial charge is 0.465 e. The molecule has 1 rings (SSSR count). The van der Waals surface area contributed by atoms with Gasteiger partial charge in [0.2, 0.25) is 5.91 Å². The molecule has 1 amide bonds. The quantitative estimate of drug-likeness (QED) is 0.774. The van der Waals surface area contributed by atoms with Crippen LogP contribution in [0.1, 0.15) is 25.0 Å². The Bertz CT molecular complexity index is 471. The van der Waals surface area contributed by atoms with E-state index in [0.29, 0.717) is 13.2 Å². The van der Waals surface area contributed by atoms with Gasteiger partial charge in [-0.05, 0) is 33.4 Å². The molecule has 0 heterocycles. The van der Waals surface area contributed by atoms with E-state index in [2.05, 4.69) is 5.32 Å². The molecule has 0 saturated carbocycles. The first-order chi connectivity index (χ1) is 9.93. The summed E-state index contributed by atoms with van der Waals surface area (Å²) >= 11 is 0. The average molecular weight is 292 g/mol. The summed E-state index contributed by atoms with van der Waals surface area (Å²) < 4.78 is 4.87. The highest BCUT2D eigenvalue weighted by Crippen LogP contribution is 2.03. The molecule has 5 nitrogen and oxygen atoms in total. The maximum absolute atomic E-state index is 12.1. The van der Waals surface area contributed by atoms with Crippen LogP contribution in [0.15, 0.2) is 24.3 Å². The fourth-order valence-corrected chi connectivity index (χ4v) is 1.79. The van der Waals surface area contributed by atoms with E-state index in [1.165, 1.54) is 5.56 Å². The van der Waals surface area contributed by atoms with Crippen molar-refractivity contribution in [1.29, 1.82) is 0 Å². The van der Waals surface area contributed by atoms with Crippen molar-refractivity contribution < 1.29 is 14.3 Å². The van der Waals surface area contributed by atoms with Gasteiger partial charge in [0.25, 0.3) is 0 Å². The lowest BCUT2D eigenvalue weighted by atomic mass is 10.1. The number of aryl methyl sites for hydroxylation is 1. The third kappa shape index (κ3) is 5.95. The van der Waals surface area contributed by atoms with Crippen LogP contribution in [-0.4, -0.2) is 43.0 Å². The van der Waals surface area contributed by atoms with Gasteiger partial charge in [-0.15, -0.1) is 0 Å². The Balaban J connectivity index is 2.43. The minimum Gasteiger partial charge on any atom is -0.465 e. The second-order valence-corrected chi connectivity index (χ2v) is 5.10. The molecule has 0 aliphatic heterocycles. The van der Waals surface area contributed by atoms with E-state index in [4.69, 9.17) is 4.74 Å². The molecule has 0 fully saturated rings. The Hall–Kier alpha value is -1.88. The van der Waals surface area contributed by atoms with Crippen LogP contribution >= 0.6 is 0 Å². The summed E-state index contributed by atoms with van der Waals surface area (Å²) in [6.07, 6.45) is 0. The van der Waals surface area contributed by atoms with Gasteiger partial charge in [-0.25, -0.2) is 0 Å². The van der Waals surface area contributed by atoms with Crippen LogP contribution in [0.4, 0.5) is 0 Å². The molecule has 1 unspecified atom stereocenters. The first-order valence-electron chi connectivity index (χ1n) is 7.13. The molecule has 1 aromatic carbocycles. The van der Waals surface area contributed by atoms with E-state index in [1.807, 2.05) is 31.2 Å². The van der Waals surface area contributed by atoms with Crippen molar-refractivity contribution in [2.75, 3.05) is 20.2 Å². The Morgan fingerprint density at radius 1 is 1.29 bits per heavy atom. The highest BCUT2D eigenvalue weighted by molar-refractivity contribution is 5.82. The molecule has 1 N–H and O–H groups in total. The minimum atomic E-state index is -0.389. The second-order valence-electron chi connectivity index (χ2n) is 5.10. The summed E-state index contributed by atoms with van der Waals surface area (Å²) in [4.78, 5) is 25.1. The highest BCUT2D eigenvalue weighted by Gasteiger charge is 2.20. The lowest BCUT2D eigenvalue weighted by Gasteiger charge is -2.22. The topological polar surface area (TPSA) is 58.6 Å². The number of likely N-dealkylation sites (N-methyl/N-ethyl adjacent to an activating group) is 1. The van der Waals surface area contributed by atoms with Crippen LogP contribution in [0.25, 0.3) is 0 Å². The number of ether oxygens (including phenoxy) is 1. The maximum atomic E-state index is 12.1. The fourth-order valence-electron chi connectivity index (χ4n) is 1.79. The zero-order valence-corrected chi connectivity index (χ0v) is 13.2. The second kappa shape index (κ2) is 8.42. The van der Waals surface area contributed by atoms with Crippen molar-refractivity contribution in [2.45, 2.75) is 33.4 Å². The molecular weight excluding hydrogens is 268 g/mol. The summed E-state index contributed by atoms with van der Waals surface area (Å²) in [5, 5.41) is 2.87. The predicted molar refractivity (Wildman–Crippen MR) is 81.8 cm³/mol. The number of amides is 1. The van der Waals surface area contributed by atoms with Crippen LogP contribution in [0.5, 0.6) is 0 Å². The van der Waals surface area contributed by atoms with E-state index in [-0.39, 0.29) is 24.5 Å². The molecule has 0 spiro atoms. The zero-order chi connectivity index (χ0) is 15.8. The van der Waals surface area contributed by atoms with Gasteiger partial charge < -0.3 is 10.1 Å². The summed E-state index contributed by atoms with van der Waals surface area (Å²) in [5.41, 5.74) is 2.24. The van der Waals surface area contributed by atoms with Gasteiger partial charge in [-0.3, -0.25) is 14.5 Å². The van der Waals surface area contributed by atoms with Gasteiger partial charge in [-0.1, -0.05) is 29.8 Å². The van der Waals surface area contributed by atoms with E-state index in [9.17, 15) is 9.59 Å². The number of nitrogens with zero attached hydrogens (tertiary/aromatic N) is 1. The Kier molecular flexibility index (Phi) is 6.88. The zero-order valence-electron chi connectivity index (χ0n) is 13.2. The van der Waals surface area contributed by atoms with Crippen molar-refractivity contribution in [2.24, 2.45) is 0 Å². The molecule has 0 aromatic heterocycles. The van der Waals surface area contributed by atoms with Crippen molar-refractivity contribution in [1.82, 2.24) is 10.2 Å². The van der Waals surface area contributed by atoms with E-state index >= 15 is 0 Å². The Morgan fingerprint density at radius 3 is 2.48 bits per heavy atom. The number of hydrogen-bond acceptors (Lipinski definition) is 4. The molecule has 0 saturated heterocycles. The number of rotatable bonds is 7. The van der Waals surface area contributed by atoms with Crippen molar-refractivity contribution in [3.63, 3.8) is 0 Å². The maximum Gasteiger partial charge on any atom is 0.320 e. The number of esters is 1. The van der Waals surface area contributed by atoms with Gasteiger partial charge in [0, 0.05) is 6.54 Å². The third-order valence-corrected chi connectivity index (χ3v) is 3.31. The van der Waals surface area contributed by atoms with E-state index in [0.717, 1.165) is 5.56 Å². The van der Waals surface area contributed by atoms with Crippen molar-refractivity contribution in [3.8, 4) is 0 Å². The third-order valence-electron chi connectivity index (χ3n) is 3.31. The van der Waals surface area contributed by atoms with Crippen LogP contribution in [0.2, 0.25) is 0 Å². The molecule has 1 atom stereocenters. The summed E-state index contributed by atoms with van der Waals surface area (Å²) in [6, 6.07) is 7.61. The van der Waals surface area contributed by atoms with Gasteiger partial charge >= 0.3 is 5.97 Å². The van der Waals surface area contributed by atoms with Crippen LogP contribution in [-0.2, 0) is 20.9 Å². The Labute approximate surface area is 126 Å². The van der Waals surface area contributed by atoms with Gasteiger partial charge in [0.1, 0.15) is 0 Å². The molecule has 5 heteroatoms. The van der Waals surface area contributed by atoms with Gasteiger partial charge in [0.05, 0.1) is 19.2 Å². The molecule has 0 radical (unpaired) electrons. The molecule has 116 valence electrons. The Morgan fingerprint density at radius 2 is 1.90 bits per heavy atom. The lowest BCUT2D eigenvalue weighted by Crippen LogP contribution is -2.45. The summed E-state index contributed by atoms with van der Waals surface area (Å²) in [6.45, 7) is 6.48. The monoisotopic (exact) mass is 292 g/mol. The molecule has 0 aliphatic carbocycles. The number of benzene rings is 1. The van der Waals surface area contributed by atoms with Crippen molar-refractivity contribution >= 4 is 11.9 Å². The van der Waals surface area contributed by atoms with Gasteiger partial charge in [0.15, 0.2) is 0 Å². The first kappa shape index (κ1) is 17.2. The molecule has 0 bridgehead atoms. The first-order valence-corrected chi connectivity index (χ1v) is 7.13. The summed E-state index contributed by atoms with van der Waals surface area (Å²) in [5.74, 6) is -0.430. The number of hydrogen-bond donors (Lipinski definition) is 1. The predicted octanol–water partition coefficient (Wildman–Crippen LogP) is 1.49. The normalized spacial score (nSPS) is 12.0. The SMILES string of the molecule is CCOC(=O)CN(C)C(C)C(=O)NCc1ccc(C)cc1. The van der Waals surface area contributed by atoms with Crippen LogP contribution in [0, 0.1) is 6.92 Å². The average Bonchev–Trinajstić information content (AvgIpc) is 2.45. The van der Waals surface area contributed by atoms with E-state index < -0.39 is 0 Å². The number of carbonyl (C=O) groups is 2. The van der Waals surface area contributed by atoms with Crippen molar-refractivity contribution in [3.05, 3.63) is 35.4 Å². The smallest absolute Gasteiger partial charge is 0.320 e. The lowest BCUT2D eigenvalue weighted by molar-refractivity contribution is -0.145. The van der Waals surface area contributed by atoms with Crippen LogP contribution < -0.4 is 5.32 Å². The molecule has 1 aromatic rings. The van der Waals surface area contributed by atoms with Gasteiger partial charge in [-0.2, -0.15) is 0 Å². The fraction of sp³-hybridized carbons (Fsp3) is 0.500. The standard InChI is InChI=1S/C16H24N2O3/c1-5-21-15(19)11-18(4)13(3)16(20)17-10-14-8-6-12(2)7-9-14/h6-9,13H,5,10-11H2,1-4H3,(H,17,20). The number of carbonyl (C=O) groups excluding carboxylic acids is 2.